The van der Waals surface area contributed by atoms with E-state index in [0.717, 1.165) is 56.1 Å². The second-order valence-electron chi connectivity index (χ2n) is 12.8. The number of anilines is 1. The average Bonchev–Trinajstić information content (AvgIpc) is 3.94. The van der Waals surface area contributed by atoms with Crippen LogP contribution in [0.25, 0.3) is 82.7 Å². The Labute approximate surface area is 286 Å². The fraction of sp³-hybridized carbons (Fsp3) is 0. The largest absolute Gasteiger partial charge is 0.309 e. The van der Waals surface area contributed by atoms with Gasteiger partial charge in [0, 0.05) is 44.2 Å². The van der Waals surface area contributed by atoms with Gasteiger partial charge in [-0.05, 0) is 60.7 Å². The minimum atomic E-state index is 0.902. The molecule has 0 fully saturated rings. The summed E-state index contributed by atoms with van der Waals surface area (Å²) < 4.78 is 6.94. The van der Waals surface area contributed by atoms with E-state index in [1.165, 1.54) is 32.3 Å². The zero-order valence-electron chi connectivity index (χ0n) is 26.8. The molecule has 1 aliphatic rings. The van der Waals surface area contributed by atoms with E-state index in [0.29, 0.717) is 0 Å². The topological polar surface area (TPSA) is 55.0 Å². The minimum absolute atomic E-state index is 0.902. The van der Waals surface area contributed by atoms with Crippen molar-refractivity contribution >= 4 is 76.9 Å². The number of para-hydroxylation sites is 4. The van der Waals surface area contributed by atoms with E-state index in [1.807, 2.05) is 18.3 Å². The molecule has 0 aliphatic carbocycles. The second-order valence-corrected chi connectivity index (χ2v) is 12.8. The van der Waals surface area contributed by atoms with Crippen LogP contribution in [-0.4, -0.2) is 18.7 Å². The highest BCUT2D eigenvalue weighted by atomic mass is 15.7. The lowest BCUT2D eigenvalue weighted by Crippen LogP contribution is -2.36. The summed E-state index contributed by atoms with van der Waals surface area (Å²) in [5.74, 6) is 1.86. The summed E-state index contributed by atoms with van der Waals surface area (Å²) in [6.07, 6.45) is 3.99. The Hall–Kier alpha value is -6.83. The average molecular weight is 644 g/mol. The Morgan fingerprint density at radius 3 is 1.48 bits per heavy atom. The van der Waals surface area contributed by atoms with Crippen molar-refractivity contribution in [2.24, 2.45) is 0 Å². The Balaban J connectivity index is 1.10. The number of rotatable bonds is 4. The van der Waals surface area contributed by atoms with E-state index in [-0.39, 0.29) is 0 Å². The molecular weight excluding hydrogens is 615 g/mol. The SMILES string of the molecule is C1=C(n2c3ccccc3c3ccccc32)NNN1c1ccc2c3ccccc3n(-c3ccc4c5ccccc5n(-c5ccccn5)c4c3)c2c1. The van der Waals surface area contributed by atoms with Crippen LogP contribution in [0.2, 0.25) is 0 Å². The van der Waals surface area contributed by atoms with Crippen LogP contribution in [0, 0.1) is 0 Å². The van der Waals surface area contributed by atoms with Crippen molar-refractivity contribution in [3.05, 3.63) is 164 Å². The minimum Gasteiger partial charge on any atom is -0.309 e. The molecule has 0 saturated carbocycles. The Bertz CT molecular complexity index is 2950. The standard InChI is InChI=1S/C43H29N7/c1-5-15-36-32(13-1)34-22-20-28(47-27-43(45-46-47)49-37-16-6-2-11-30(37)31-12-3-7-17-38(31)49)25-40(34)48(36)29-21-23-35-33-14-4-8-18-39(33)50(41(35)26-29)42-19-9-10-24-44-42/h1-27,45-46H. The van der Waals surface area contributed by atoms with E-state index < -0.39 is 0 Å². The molecule has 0 bridgehead atoms. The molecule has 1 aliphatic heterocycles. The van der Waals surface area contributed by atoms with Gasteiger partial charge in [-0.3, -0.25) is 19.6 Å². The van der Waals surface area contributed by atoms with Crippen LogP contribution >= 0.6 is 0 Å². The maximum absolute atomic E-state index is 4.76. The molecule has 0 amide bonds. The van der Waals surface area contributed by atoms with Gasteiger partial charge in [-0.25, -0.2) is 4.98 Å². The number of fused-ring (bicyclic) bond motifs is 9. The number of benzene rings is 6. The van der Waals surface area contributed by atoms with Gasteiger partial charge in [0.15, 0.2) is 0 Å². The zero-order chi connectivity index (χ0) is 32.8. The molecule has 0 atom stereocenters. The molecule has 11 rings (SSSR count). The molecule has 7 heteroatoms. The van der Waals surface area contributed by atoms with Gasteiger partial charge in [0.05, 0.1) is 45.0 Å². The molecule has 2 N–H and O–H groups in total. The number of nitrogens with zero attached hydrogens (tertiary/aromatic N) is 5. The lowest BCUT2D eigenvalue weighted by atomic mass is 10.1. The summed E-state index contributed by atoms with van der Waals surface area (Å²) in [4.78, 5) is 4.76. The van der Waals surface area contributed by atoms with Crippen molar-refractivity contribution in [1.82, 2.24) is 29.6 Å². The van der Waals surface area contributed by atoms with Crippen LogP contribution in [0.1, 0.15) is 0 Å². The molecule has 0 saturated heterocycles. The highest BCUT2D eigenvalue weighted by Gasteiger charge is 2.21. The van der Waals surface area contributed by atoms with Gasteiger partial charge in [0.2, 0.25) is 0 Å². The summed E-state index contributed by atoms with van der Waals surface area (Å²) in [6.45, 7) is 0. The number of pyridine rings is 1. The Morgan fingerprint density at radius 1 is 0.400 bits per heavy atom. The molecule has 0 unspecified atom stereocenters. The first-order chi connectivity index (χ1) is 24.8. The molecule has 10 aromatic rings. The van der Waals surface area contributed by atoms with Gasteiger partial charge in [0.25, 0.3) is 0 Å². The predicted molar refractivity (Wildman–Crippen MR) is 205 cm³/mol. The molecule has 0 radical (unpaired) electrons. The highest BCUT2D eigenvalue weighted by molar-refractivity contribution is 6.13. The number of aromatic nitrogens is 4. The van der Waals surface area contributed by atoms with Crippen LogP contribution in [0.5, 0.6) is 0 Å². The summed E-state index contributed by atoms with van der Waals surface area (Å²) in [6, 6.07) is 53.9. The van der Waals surface area contributed by atoms with Crippen molar-refractivity contribution < 1.29 is 0 Å². The first-order valence-electron chi connectivity index (χ1n) is 16.8. The fourth-order valence-corrected chi connectivity index (χ4v) is 7.96. The molecule has 50 heavy (non-hydrogen) atoms. The van der Waals surface area contributed by atoms with Crippen molar-refractivity contribution in [1.29, 1.82) is 0 Å². The van der Waals surface area contributed by atoms with E-state index in [4.69, 9.17) is 4.98 Å². The maximum atomic E-state index is 4.76. The second kappa shape index (κ2) is 10.3. The van der Waals surface area contributed by atoms with Crippen LogP contribution in [0.4, 0.5) is 5.69 Å². The Kier molecular flexibility index (Phi) is 5.61. The zero-order valence-corrected chi connectivity index (χ0v) is 26.8. The number of hydrogen-bond acceptors (Lipinski definition) is 4. The summed E-state index contributed by atoms with van der Waals surface area (Å²) in [5, 5.41) is 9.35. The van der Waals surface area contributed by atoms with Crippen molar-refractivity contribution in [2.45, 2.75) is 0 Å². The smallest absolute Gasteiger partial charge is 0.145 e. The van der Waals surface area contributed by atoms with Crippen molar-refractivity contribution in [2.75, 3.05) is 5.01 Å². The third-order valence-corrected chi connectivity index (χ3v) is 10.1. The normalized spacial score (nSPS) is 13.4. The summed E-state index contributed by atoms with van der Waals surface area (Å²) >= 11 is 0. The summed E-state index contributed by atoms with van der Waals surface area (Å²) in [7, 11) is 0. The van der Waals surface area contributed by atoms with Crippen LogP contribution in [0.15, 0.2) is 164 Å². The first kappa shape index (κ1) is 27.2. The van der Waals surface area contributed by atoms with E-state index in [2.05, 4.69) is 175 Å². The monoisotopic (exact) mass is 643 g/mol. The lowest BCUT2D eigenvalue weighted by Gasteiger charge is -2.16. The molecule has 6 aromatic carbocycles. The number of hydrazine groups is 2. The predicted octanol–water partition coefficient (Wildman–Crippen LogP) is 9.67. The first-order valence-corrected chi connectivity index (χ1v) is 16.8. The van der Waals surface area contributed by atoms with Gasteiger partial charge < -0.3 is 4.57 Å². The third kappa shape index (κ3) is 3.80. The van der Waals surface area contributed by atoms with Crippen LogP contribution < -0.4 is 16.0 Å². The third-order valence-electron chi connectivity index (χ3n) is 10.1. The van der Waals surface area contributed by atoms with E-state index in [9.17, 15) is 0 Å². The van der Waals surface area contributed by atoms with Gasteiger partial charge >= 0.3 is 0 Å². The van der Waals surface area contributed by atoms with Gasteiger partial charge in [-0.1, -0.05) is 91.0 Å². The molecule has 4 aromatic heterocycles. The maximum Gasteiger partial charge on any atom is 0.145 e. The van der Waals surface area contributed by atoms with Gasteiger partial charge in [-0.15, -0.1) is 5.53 Å². The van der Waals surface area contributed by atoms with Crippen molar-refractivity contribution in [3.63, 3.8) is 0 Å². The lowest BCUT2D eigenvalue weighted by molar-refractivity contribution is 0.677. The number of hydrogen-bond donors (Lipinski definition) is 2. The number of nitrogens with one attached hydrogen (secondary N) is 2. The quantitative estimate of drug-likeness (QED) is 0.201. The highest BCUT2D eigenvalue weighted by Crippen LogP contribution is 2.38. The van der Waals surface area contributed by atoms with Gasteiger partial charge in [-0.2, -0.15) is 0 Å². The Morgan fingerprint density at radius 2 is 0.880 bits per heavy atom. The van der Waals surface area contributed by atoms with Crippen LogP contribution in [-0.2, 0) is 0 Å². The molecular formula is C43H29N7. The fourth-order valence-electron chi connectivity index (χ4n) is 7.96. The molecule has 7 nitrogen and oxygen atoms in total. The van der Waals surface area contributed by atoms with Crippen molar-refractivity contribution in [3.8, 4) is 11.5 Å². The molecule has 236 valence electrons. The summed E-state index contributed by atoms with van der Waals surface area (Å²) in [5.41, 5.74) is 15.8. The van der Waals surface area contributed by atoms with E-state index in [1.54, 1.807) is 0 Å². The van der Waals surface area contributed by atoms with E-state index >= 15 is 0 Å². The van der Waals surface area contributed by atoms with Gasteiger partial charge in [0.1, 0.15) is 11.6 Å². The van der Waals surface area contributed by atoms with Crippen LogP contribution in [0.3, 0.4) is 0 Å². The molecule has 5 heterocycles. The molecule has 0 spiro atoms.